The molecule has 1 aliphatic heterocycles. The second-order valence-electron chi connectivity index (χ2n) is 4.34. The third kappa shape index (κ3) is 2.97. The fourth-order valence-electron chi connectivity index (χ4n) is 1.77. The van der Waals surface area contributed by atoms with E-state index >= 15 is 0 Å². The summed E-state index contributed by atoms with van der Waals surface area (Å²) in [4.78, 5) is 5.37. The zero-order valence-electron chi connectivity index (χ0n) is 10.7. The van der Waals surface area contributed by atoms with E-state index in [1.54, 1.807) is 6.07 Å². The lowest BCUT2D eigenvalue weighted by Crippen LogP contribution is -2.05. The SMILES string of the molecule is Cc1ccc(Oc2ccc([C@H]3C=C(Br)NO3)cc2)nn1. The fourth-order valence-corrected chi connectivity index (χ4v) is 2.11. The minimum atomic E-state index is -0.0995. The van der Waals surface area contributed by atoms with Gasteiger partial charge in [-0.25, -0.2) is 0 Å². The molecule has 0 bridgehead atoms. The van der Waals surface area contributed by atoms with Crippen LogP contribution in [0, 0.1) is 6.92 Å². The molecule has 2 aromatic rings. The summed E-state index contributed by atoms with van der Waals surface area (Å²) in [5.41, 5.74) is 4.65. The number of aryl methyl sites for hydroxylation is 1. The highest BCUT2D eigenvalue weighted by molar-refractivity contribution is 9.11. The summed E-state index contributed by atoms with van der Waals surface area (Å²) < 4.78 is 6.45. The Labute approximate surface area is 124 Å². The van der Waals surface area contributed by atoms with Crippen molar-refractivity contribution in [2.75, 3.05) is 0 Å². The molecule has 3 rings (SSSR count). The van der Waals surface area contributed by atoms with Gasteiger partial charge in [0.1, 0.15) is 16.5 Å². The van der Waals surface area contributed by atoms with Gasteiger partial charge in [0, 0.05) is 6.07 Å². The number of aromatic nitrogens is 2. The largest absolute Gasteiger partial charge is 0.438 e. The molecule has 0 saturated carbocycles. The van der Waals surface area contributed by atoms with Crippen molar-refractivity contribution in [3.05, 3.63) is 58.3 Å². The number of ether oxygens (including phenoxy) is 1. The number of hydrogen-bond acceptors (Lipinski definition) is 5. The zero-order valence-corrected chi connectivity index (χ0v) is 12.3. The smallest absolute Gasteiger partial charge is 0.238 e. The van der Waals surface area contributed by atoms with Gasteiger partial charge in [-0.15, -0.1) is 5.10 Å². The first-order valence-corrected chi connectivity index (χ1v) is 6.87. The summed E-state index contributed by atoms with van der Waals surface area (Å²) in [5, 5.41) is 7.91. The first-order chi connectivity index (χ1) is 9.70. The van der Waals surface area contributed by atoms with Crippen molar-refractivity contribution in [1.29, 1.82) is 0 Å². The fraction of sp³-hybridized carbons (Fsp3) is 0.143. The van der Waals surface area contributed by atoms with Crippen molar-refractivity contribution >= 4 is 15.9 Å². The molecule has 0 amide bonds. The lowest BCUT2D eigenvalue weighted by molar-refractivity contribution is 0.0458. The minimum absolute atomic E-state index is 0.0995. The normalized spacial score (nSPS) is 17.5. The highest BCUT2D eigenvalue weighted by Crippen LogP contribution is 2.28. The van der Waals surface area contributed by atoms with Crippen LogP contribution in [0.15, 0.2) is 47.1 Å². The van der Waals surface area contributed by atoms with Crippen molar-refractivity contribution in [2.24, 2.45) is 0 Å². The van der Waals surface area contributed by atoms with Crippen LogP contribution in [0.5, 0.6) is 11.6 Å². The lowest BCUT2D eigenvalue weighted by atomic mass is 10.1. The molecule has 5 nitrogen and oxygen atoms in total. The molecule has 0 fully saturated rings. The summed E-state index contributed by atoms with van der Waals surface area (Å²) in [7, 11) is 0. The molecular formula is C14H12BrN3O2. The molecule has 0 unspecified atom stereocenters. The Morgan fingerprint density at radius 2 is 1.95 bits per heavy atom. The third-order valence-electron chi connectivity index (χ3n) is 2.79. The van der Waals surface area contributed by atoms with E-state index in [9.17, 15) is 0 Å². The standard InChI is InChI=1S/C14H12BrN3O2/c1-9-2-7-14(17-16-9)19-11-5-3-10(4-6-11)12-8-13(15)18-20-12/h2-8,12,18H,1H3/t12-/m1/s1. The Balaban J connectivity index is 1.71. The molecule has 2 heterocycles. The van der Waals surface area contributed by atoms with Crippen molar-refractivity contribution in [3.63, 3.8) is 0 Å². The molecule has 1 atom stereocenters. The monoisotopic (exact) mass is 333 g/mol. The van der Waals surface area contributed by atoms with Gasteiger partial charge in [0.2, 0.25) is 5.88 Å². The predicted octanol–water partition coefficient (Wildman–Crippen LogP) is 3.39. The number of benzene rings is 1. The molecule has 0 aliphatic carbocycles. The molecule has 20 heavy (non-hydrogen) atoms. The van der Waals surface area contributed by atoms with Gasteiger partial charge in [0.15, 0.2) is 0 Å². The maximum atomic E-state index is 5.62. The Morgan fingerprint density at radius 3 is 2.55 bits per heavy atom. The van der Waals surface area contributed by atoms with Gasteiger partial charge in [-0.3, -0.25) is 10.3 Å². The van der Waals surface area contributed by atoms with Crippen LogP contribution in [-0.2, 0) is 4.84 Å². The Hall–Kier alpha value is -1.92. The summed E-state index contributed by atoms with van der Waals surface area (Å²) in [6, 6.07) is 11.3. The second-order valence-corrected chi connectivity index (χ2v) is 5.19. The topological polar surface area (TPSA) is 56.3 Å². The van der Waals surface area contributed by atoms with Gasteiger partial charge in [-0.05, 0) is 52.7 Å². The average Bonchev–Trinajstić information content (AvgIpc) is 2.89. The van der Waals surface area contributed by atoms with Crippen LogP contribution >= 0.6 is 15.9 Å². The number of halogens is 1. The Kier molecular flexibility index (Phi) is 3.66. The van der Waals surface area contributed by atoms with Crippen LogP contribution in [0.3, 0.4) is 0 Å². The number of nitrogens with one attached hydrogen (secondary N) is 1. The molecule has 1 aromatic heterocycles. The number of hydrogen-bond donors (Lipinski definition) is 1. The maximum Gasteiger partial charge on any atom is 0.238 e. The summed E-state index contributed by atoms with van der Waals surface area (Å²) in [6.07, 6.45) is 1.85. The van der Waals surface area contributed by atoms with E-state index in [2.05, 4.69) is 31.6 Å². The van der Waals surface area contributed by atoms with Crippen LogP contribution < -0.4 is 10.2 Å². The number of nitrogens with zero attached hydrogens (tertiary/aromatic N) is 2. The third-order valence-corrected chi connectivity index (χ3v) is 3.21. The Bertz CT molecular complexity index is 626. The van der Waals surface area contributed by atoms with Gasteiger partial charge < -0.3 is 4.74 Å². The predicted molar refractivity (Wildman–Crippen MR) is 77.3 cm³/mol. The van der Waals surface area contributed by atoms with E-state index in [0.717, 1.165) is 15.9 Å². The molecule has 102 valence electrons. The molecule has 0 saturated heterocycles. The molecule has 0 radical (unpaired) electrons. The summed E-state index contributed by atoms with van der Waals surface area (Å²) >= 11 is 3.33. The van der Waals surface area contributed by atoms with E-state index in [4.69, 9.17) is 9.57 Å². The number of rotatable bonds is 3. The molecule has 1 N–H and O–H groups in total. The van der Waals surface area contributed by atoms with Crippen molar-refractivity contribution in [3.8, 4) is 11.6 Å². The average molecular weight is 334 g/mol. The van der Waals surface area contributed by atoms with E-state index in [0.29, 0.717) is 11.6 Å². The van der Waals surface area contributed by atoms with E-state index in [1.807, 2.05) is 43.3 Å². The van der Waals surface area contributed by atoms with Crippen LogP contribution in [0.1, 0.15) is 17.4 Å². The molecule has 6 heteroatoms. The van der Waals surface area contributed by atoms with Crippen molar-refractivity contribution < 1.29 is 9.57 Å². The second kappa shape index (κ2) is 5.60. The van der Waals surface area contributed by atoms with Gasteiger partial charge in [0.25, 0.3) is 0 Å². The van der Waals surface area contributed by atoms with E-state index in [-0.39, 0.29) is 6.10 Å². The number of hydroxylamine groups is 1. The van der Waals surface area contributed by atoms with E-state index in [1.165, 1.54) is 0 Å². The van der Waals surface area contributed by atoms with Gasteiger partial charge in [0.05, 0.1) is 5.69 Å². The summed E-state index contributed by atoms with van der Waals surface area (Å²) in [6.45, 7) is 1.88. The highest BCUT2D eigenvalue weighted by Gasteiger charge is 2.16. The van der Waals surface area contributed by atoms with Gasteiger partial charge >= 0.3 is 0 Å². The van der Waals surface area contributed by atoms with Gasteiger partial charge in [-0.1, -0.05) is 12.1 Å². The van der Waals surface area contributed by atoms with E-state index < -0.39 is 0 Å². The molecule has 0 spiro atoms. The molecule has 1 aromatic carbocycles. The summed E-state index contributed by atoms with van der Waals surface area (Å²) in [5.74, 6) is 1.19. The maximum absolute atomic E-state index is 5.62. The first-order valence-electron chi connectivity index (χ1n) is 6.08. The van der Waals surface area contributed by atoms with Crippen molar-refractivity contribution in [2.45, 2.75) is 13.0 Å². The quantitative estimate of drug-likeness (QED) is 0.872. The first kappa shape index (κ1) is 13.1. The van der Waals surface area contributed by atoms with Crippen LogP contribution in [-0.4, -0.2) is 10.2 Å². The van der Waals surface area contributed by atoms with Crippen LogP contribution in [0.25, 0.3) is 0 Å². The van der Waals surface area contributed by atoms with Crippen molar-refractivity contribution in [1.82, 2.24) is 15.7 Å². The van der Waals surface area contributed by atoms with Gasteiger partial charge in [-0.2, -0.15) is 5.10 Å². The highest BCUT2D eigenvalue weighted by atomic mass is 79.9. The Morgan fingerprint density at radius 1 is 1.15 bits per heavy atom. The lowest BCUT2D eigenvalue weighted by Gasteiger charge is -2.09. The van der Waals surface area contributed by atoms with Crippen LogP contribution in [0.4, 0.5) is 0 Å². The molecule has 1 aliphatic rings. The zero-order chi connectivity index (χ0) is 13.9. The van der Waals surface area contributed by atoms with Crippen LogP contribution in [0.2, 0.25) is 0 Å². The minimum Gasteiger partial charge on any atom is -0.438 e. The molecular weight excluding hydrogens is 322 g/mol.